The van der Waals surface area contributed by atoms with Crippen molar-refractivity contribution in [2.75, 3.05) is 26.4 Å². The van der Waals surface area contributed by atoms with Gasteiger partial charge in [0.05, 0.1) is 24.0 Å². The SMILES string of the molecule is CN(C)C(=O)CNC(=O)c1cc(N)cnc1Cl. The number of halogens is 1. The van der Waals surface area contributed by atoms with Crippen molar-refractivity contribution in [1.82, 2.24) is 15.2 Å². The Morgan fingerprint density at radius 3 is 2.76 bits per heavy atom. The highest BCUT2D eigenvalue weighted by atomic mass is 35.5. The maximum absolute atomic E-state index is 11.7. The molecule has 1 aromatic rings. The van der Waals surface area contributed by atoms with Gasteiger partial charge in [0.2, 0.25) is 5.91 Å². The largest absolute Gasteiger partial charge is 0.397 e. The highest BCUT2D eigenvalue weighted by Gasteiger charge is 2.13. The van der Waals surface area contributed by atoms with Gasteiger partial charge in [-0.25, -0.2) is 4.98 Å². The maximum atomic E-state index is 11.7. The number of likely N-dealkylation sites (N-methyl/N-ethyl adjacent to an activating group) is 1. The van der Waals surface area contributed by atoms with Crippen LogP contribution in [-0.4, -0.2) is 42.3 Å². The zero-order chi connectivity index (χ0) is 13.0. The molecule has 2 amide bonds. The molecular weight excluding hydrogens is 244 g/mol. The highest BCUT2D eigenvalue weighted by molar-refractivity contribution is 6.32. The van der Waals surface area contributed by atoms with Crippen LogP contribution < -0.4 is 11.1 Å². The van der Waals surface area contributed by atoms with Crippen LogP contribution in [0.3, 0.4) is 0 Å². The standard InChI is InChI=1S/C10H13ClN4O2/c1-15(2)8(16)5-14-10(17)7-3-6(12)4-13-9(7)11/h3-4H,5,12H2,1-2H3,(H,14,17). The summed E-state index contributed by atoms with van der Waals surface area (Å²) in [5, 5.41) is 2.49. The summed E-state index contributed by atoms with van der Waals surface area (Å²) in [7, 11) is 3.20. The van der Waals surface area contributed by atoms with Gasteiger partial charge >= 0.3 is 0 Å². The van der Waals surface area contributed by atoms with E-state index >= 15 is 0 Å². The summed E-state index contributed by atoms with van der Waals surface area (Å²) in [6, 6.07) is 1.41. The lowest BCUT2D eigenvalue weighted by molar-refractivity contribution is -0.127. The van der Waals surface area contributed by atoms with E-state index in [1.165, 1.54) is 17.2 Å². The number of aromatic nitrogens is 1. The van der Waals surface area contributed by atoms with Crippen LogP contribution in [0.2, 0.25) is 5.15 Å². The fourth-order valence-electron chi connectivity index (χ4n) is 1.03. The van der Waals surface area contributed by atoms with Crippen molar-refractivity contribution >= 4 is 29.1 Å². The van der Waals surface area contributed by atoms with Crippen molar-refractivity contribution < 1.29 is 9.59 Å². The third kappa shape index (κ3) is 3.60. The minimum Gasteiger partial charge on any atom is -0.397 e. The Labute approximate surface area is 104 Å². The Hall–Kier alpha value is -1.82. The predicted molar refractivity (Wildman–Crippen MR) is 64.7 cm³/mol. The van der Waals surface area contributed by atoms with Crippen molar-refractivity contribution in [2.45, 2.75) is 0 Å². The van der Waals surface area contributed by atoms with Gasteiger partial charge in [0.1, 0.15) is 5.15 Å². The van der Waals surface area contributed by atoms with Crippen molar-refractivity contribution in [3.63, 3.8) is 0 Å². The van der Waals surface area contributed by atoms with E-state index < -0.39 is 5.91 Å². The van der Waals surface area contributed by atoms with E-state index in [4.69, 9.17) is 17.3 Å². The molecule has 0 aliphatic heterocycles. The number of nitrogens with two attached hydrogens (primary N) is 1. The molecule has 0 atom stereocenters. The van der Waals surface area contributed by atoms with Crippen LogP contribution >= 0.6 is 11.6 Å². The molecule has 1 heterocycles. The molecule has 0 spiro atoms. The van der Waals surface area contributed by atoms with Gasteiger partial charge in [-0.3, -0.25) is 9.59 Å². The lowest BCUT2D eigenvalue weighted by Crippen LogP contribution is -2.36. The number of hydrogen-bond donors (Lipinski definition) is 2. The number of nitrogens with one attached hydrogen (secondary N) is 1. The van der Waals surface area contributed by atoms with Crippen LogP contribution in [-0.2, 0) is 4.79 Å². The van der Waals surface area contributed by atoms with Gasteiger partial charge in [-0.15, -0.1) is 0 Å². The second kappa shape index (κ2) is 5.49. The molecule has 0 saturated carbocycles. The van der Waals surface area contributed by atoms with Gasteiger partial charge in [0, 0.05) is 14.1 Å². The monoisotopic (exact) mass is 256 g/mol. The van der Waals surface area contributed by atoms with Gasteiger partial charge in [0.15, 0.2) is 0 Å². The Morgan fingerprint density at radius 1 is 1.53 bits per heavy atom. The molecule has 1 rings (SSSR count). The van der Waals surface area contributed by atoms with Crippen molar-refractivity contribution in [3.05, 3.63) is 23.0 Å². The van der Waals surface area contributed by atoms with E-state index in [1.807, 2.05) is 0 Å². The average Bonchev–Trinajstić information content (AvgIpc) is 2.28. The van der Waals surface area contributed by atoms with E-state index in [9.17, 15) is 9.59 Å². The third-order valence-corrected chi connectivity index (χ3v) is 2.31. The van der Waals surface area contributed by atoms with Crippen LogP contribution in [0.1, 0.15) is 10.4 Å². The number of anilines is 1. The van der Waals surface area contributed by atoms with Gasteiger partial charge < -0.3 is 16.0 Å². The summed E-state index contributed by atoms with van der Waals surface area (Å²) >= 11 is 5.75. The molecule has 6 nitrogen and oxygen atoms in total. The summed E-state index contributed by atoms with van der Waals surface area (Å²) in [4.78, 5) is 28.1. The zero-order valence-corrected chi connectivity index (χ0v) is 10.3. The summed E-state index contributed by atoms with van der Waals surface area (Å²) < 4.78 is 0. The van der Waals surface area contributed by atoms with Crippen molar-refractivity contribution in [3.8, 4) is 0 Å². The second-order valence-corrected chi connectivity index (χ2v) is 3.94. The van der Waals surface area contributed by atoms with Gasteiger partial charge in [0.25, 0.3) is 5.91 Å². The van der Waals surface area contributed by atoms with Crippen LogP contribution in [0.15, 0.2) is 12.3 Å². The molecule has 7 heteroatoms. The van der Waals surface area contributed by atoms with E-state index in [0.29, 0.717) is 5.69 Å². The number of rotatable bonds is 3. The minimum atomic E-state index is -0.481. The van der Waals surface area contributed by atoms with Crippen LogP contribution in [0.5, 0.6) is 0 Å². The highest BCUT2D eigenvalue weighted by Crippen LogP contribution is 2.15. The van der Waals surface area contributed by atoms with Crippen molar-refractivity contribution in [1.29, 1.82) is 0 Å². The number of carbonyl (C=O) groups is 2. The van der Waals surface area contributed by atoms with Gasteiger partial charge in [-0.2, -0.15) is 0 Å². The molecule has 0 unspecified atom stereocenters. The fourth-order valence-corrected chi connectivity index (χ4v) is 1.22. The average molecular weight is 257 g/mol. The molecule has 0 fully saturated rings. The lowest BCUT2D eigenvalue weighted by Gasteiger charge is -2.11. The van der Waals surface area contributed by atoms with Crippen LogP contribution in [0, 0.1) is 0 Å². The minimum absolute atomic E-state index is 0.0500. The molecule has 17 heavy (non-hydrogen) atoms. The molecule has 3 N–H and O–H groups in total. The molecule has 0 aromatic carbocycles. The van der Waals surface area contributed by atoms with E-state index in [-0.39, 0.29) is 23.2 Å². The first-order chi connectivity index (χ1) is 7.91. The topological polar surface area (TPSA) is 88.3 Å². The Bertz CT molecular complexity index is 448. The van der Waals surface area contributed by atoms with Gasteiger partial charge in [-0.1, -0.05) is 11.6 Å². The smallest absolute Gasteiger partial charge is 0.254 e. The Morgan fingerprint density at radius 2 is 2.18 bits per heavy atom. The quantitative estimate of drug-likeness (QED) is 0.753. The molecule has 0 radical (unpaired) electrons. The Kier molecular flexibility index (Phi) is 4.28. The molecule has 0 aliphatic carbocycles. The molecule has 92 valence electrons. The van der Waals surface area contributed by atoms with E-state index in [1.54, 1.807) is 14.1 Å². The summed E-state index contributed by atoms with van der Waals surface area (Å²) in [6.07, 6.45) is 1.35. The molecule has 1 aromatic heterocycles. The van der Waals surface area contributed by atoms with Crippen molar-refractivity contribution in [2.24, 2.45) is 0 Å². The number of hydrogen-bond acceptors (Lipinski definition) is 4. The summed E-state index contributed by atoms with van der Waals surface area (Å²) in [5.41, 5.74) is 5.98. The number of pyridine rings is 1. The lowest BCUT2D eigenvalue weighted by atomic mass is 10.2. The number of carbonyl (C=O) groups excluding carboxylic acids is 2. The molecule has 0 bridgehead atoms. The Balaban J connectivity index is 2.70. The van der Waals surface area contributed by atoms with E-state index in [2.05, 4.69) is 10.3 Å². The summed E-state index contributed by atoms with van der Waals surface area (Å²) in [6.45, 7) is -0.100. The second-order valence-electron chi connectivity index (χ2n) is 3.58. The van der Waals surface area contributed by atoms with Crippen LogP contribution in [0.25, 0.3) is 0 Å². The van der Waals surface area contributed by atoms with Gasteiger partial charge in [-0.05, 0) is 6.07 Å². The predicted octanol–water partition coefficient (Wildman–Crippen LogP) is 0.135. The number of nitrogens with zero attached hydrogens (tertiary/aromatic N) is 2. The fraction of sp³-hybridized carbons (Fsp3) is 0.300. The molecule has 0 aliphatic rings. The molecular formula is C10H13ClN4O2. The third-order valence-electron chi connectivity index (χ3n) is 2.00. The first-order valence-electron chi connectivity index (χ1n) is 4.81. The molecule has 0 saturated heterocycles. The normalized spacial score (nSPS) is 9.82. The first-order valence-corrected chi connectivity index (χ1v) is 5.19. The number of amides is 2. The summed E-state index contributed by atoms with van der Waals surface area (Å²) in [5.74, 6) is -0.698. The zero-order valence-electron chi connectivity index (χ0n) is 9.53. The van der Waals surface area contributed by atoms with Crippen LogP contribution in [0.4, 0.5) is 5.69 Å². The van der Waals surface area contributed by atoms with E-state index in [0.717, 1.165) is 0 Å². The number of nitrogen functional groups attached to an aromatic ring is 1. The first kappa shape index (κ1) is 13.2. The maximum Gasteiger partial charge on any atom is 0.254 e.